The molecule has 3 rings (SSSR count). The van der Waals surface area contributed by atoms with Crippen molar-refractivity contribution < 1.29 is 9.18 Å². The Morgan fingerprint density at radius 3 is 2.72 bits per heavy atom. The van der Waals surface area contributed by atoms with Gasteiger partial charge in [-0.25, -0.2) is 14.4 Å². The number of hydrogen-bond donors (Lipinski definition) is 2. The second-order valence-corrected chi connectivity index (χ2v) is 7.20. The molecule has 7 heteroatoms. The number of aryl methyl sites for hydroxylation is 2. The minimum Gasteiger partial charge on any atom is -0.396 e. The van der Waals surface area contributed by atoms with Gasteiger partial charge in [0.2, 0.25) is 0 Å². The highest BCUT2D eigenvalue weighted by molar-refractivity contribution is 7.11. The number of aromatic nitrogens is 2. The number of nitrogen functional groups attached to an aromatic ring is 1. The molecule has 0 atom stereocenters. The lowest BCUT2D eigenvalue weighted by atomic mass is 10.0. The number of amides is 1. The fraction of sp³-hybridized carbons (Fsp3) is 0.278. The zero-order valence-electron chi connectivity index (χ0n) is 14.3. The van der Waals surface area contributed by atoms with E-state index in [-0.39, 0.29) is 23.1 Å². The molecule has 0 saturated carbocycles. The van der Waals surface area contributed by atoms with Crippen molar-refractivity contribution in [2.45, 2.75) is 27.2 Å². The molecule has 1 amide bonds. The number of pyridine rings is 1. The van der Waals surface area contributed by atoms with E-state index < -0.39 is 0 Å². The molecule has 0 unspecified atom stereocenters. The first-order chi connectivity index (χ1) is 11.9. The van der Waals surface area contributed by atoms with Crippen LogP contribution in [0.1, 0.15) is 33.7 Å². The van der Waals surface area contributed by atoms with Crippen LogP contribution in [0.15, 0.2) is 18.3 Å². The van der Waals surface area contributed by atoms with Crippen LogP contribution >= 0.6 is 11.3 Å². The van der Waals surface area contributed by atoms with Gasteiger partial charge in [0.25, 0.3) is 5.91 Å². The summed E-state index contributed by atoms with van der Waals surface area (Å²) in [5.41, 5.74) is 7.54. The number of nitrogens with zero attached hydrogens (tertiary/aromatic N) is 2. The van der Waals surface area contributed by atoms with E-state index in [2.05, 4.69) is 15.3 Å². The number of carbonyl (C=O) groups is 1. The van der Waals surface area contributed by atoms with Crippen LogP contribution in [0.5, 0.6) is 0 Å². The maximum Gasteiger partial charge on any atom is 0.272 e. The zero-order valence-corrected chi connectivity index (χ0v) is 15.1. The lowest BCUT2D eigenvalue weighted by molar-refractivity contribution is 0.0950. The second-order valence-electron chi connectivity index (χ2n) is 5.80. The van der Waals surface area contributed by atoms with E-state index in [1.165, 1.54) is 23.6 Å². The molecular weight excluding hydrogens is 339 g/mol. The summed E-state index contributed by atoms with van der Waals surface area (Å²) in [6.07, 6.45) is 2.32. The zero-order chi connectivity index (χ0) is 18.1. The van der Waals surface area contributed by atoms with Gasteiger partial charge in [-0.2, -0.15) is 0 Å². The summed E-state index contributed by atoms with van der Waals surface area (Å²) in [5.74, 6) is -0.710. The number of rotatable bonds is 4. The molecule has 1 aromatic carbocycles. The van der Waals surface area contributed by atoms with Gasteiger partial charge >= 0.3 is 0 Å². The Kier molecular flexibility index (Phi) is 4.67. The number of halogens is 1. The largest absolute Gasteiger partial charge is 0.396 e. The molecule has 3 N–H and O–H groups in total. The summed E-state index contributed by atoms with van der Waals surface area (Å²) in [7, 11) is 0. The molecule has 25 heavy (non-hydrogen) atoms. The normalized spacial score (nSPS) is 11.0. The summed E-state index contributed by atoms with van der Waals surface area (Å²) in [6.45, 7) is 6.29. The van der Waals surface area contributed by atoms with Crippen molar-refractivity contribution in [3.8, 4) is 11.3 Å². The van der Waals surface area contributed by atoms with Gasteiger partial charge in [-0.3, -0.25) is 4.79 Å². The van der Waals surface area contributed by atoms with E-state index in [0.29, 0.717) is 28.6 Å². The lowest BCUT2D eigenvalue weighted by Crippen LogP contribution is -2.26. The molecule has 0 fully saturated rings. The van der Waals surface area contributed by atoms with Crippen molar-refractivity contribution in [2.75, 3.05) is 12.3 Å². The van der Waals surface area contributed by atoms with E-state index in [0.717, 1.165) is 16.3 Å². The molecule has 2 heterocycles. The second kappa shape index (κ2) is 6.76. The summed E-state index contributed by atoms with van der Waals surface area (Å²) in [4.78, 5) is 21.8. The average Bonchev–Trinajstić information content (AvgIpc) is 2.90. The molecule has 2 aromatic heterocycles. The van der Waals surface area contributed by atoms with Crippen LogP contribution in [0.4, 0.5) is 10.1 Å². The summed E-state index contributed by atoms with van der Waals surface area (Å²) < 4.78 is 14.6. The Hall–Kier alpha value is -2.54. The molecule has 0 aliphatic heterocycles. The number of anilines is 1. The Morgan fingerprint density at radius 2 is 2.08 bits per heavy atom. The SMILES string of the molecule is CCCNC(=O)c1ncc2c(-c3nc(C)sc3C)c(F)ccc2c1N. The molecule has 0 spiro atoms. The van der Waals surface area contributed by atoms with Crippen LogP contribution in [0.3, 0.4) is 0 Å². The van der Waals surface area contributed by atoms with Gasteiger partial charge in [-0.05, 0) is 32.4 Å². The number of nitrogens with one attached hydrogen (secondary N) is 1. The number of nitrogens with two attached hydrogens (primary N) is 1. The van der Waals surface area contributed by atoms with Crippen molar-refractivity contribution in [3.05, 3.63) is 39.7 Å². The van der Waals surface area contributed by atoms with Crippen LogP contribution < -0.4 is 11.1 Å². The lowest BCUT2D eigenvalue weighted by Gasteiger charge is -2.12. The third-order valence-electron chi connectivity index (χ3n) is 3.95. The highest BCUT2D eigenvalue weighted by Crippen LogP contribution is 2.36. The maximum absolute atomic E-state index is 14.6. The van der Waals surface area contributed by atoms with Crippen LogP contribution in [0.25, 0.3) is 22.0 Å². The van der Waals surface area contributed by atoms with Gasteiger partial charge in [0.1, 0.15) is 5.82 Å². The Balaban J connectivity index is 2.21. The van der Waals surface area contributed by atoms with Crippen molar-refractivity contribution in [2.24, 2.45) is 0 Å². The molecular formula is C18H19FN4OS. The molecule has 0 aliphatic rings. The van der Waals surface area contributed by atoms with Crippen molar-refractivity contribution in [1.29, 1.82) is 0 Å². The van der Waals surface area contributed by atoms with Crippen LogP contribution in [0, 0.1) is 19.7 Å². The number of fused-ring (bicyclic) bond motifs is 1. The Bertz CT molecular complexity index is 967. The quantitative estimate of drug-likeness (QED) is 0.742. The molecule has 3 aromatic rings. The smallest absolute Gasteiger partial charge is 0.272 e. The average molecular weight is 358 g/mol. The fourth-order valence-corrected chi connectivity index (χ4v) is 3.62. The number of thiazole rings is 1. The Morgan fingerprint density at radius 1 is 1.32 bits per heavy atom. The van der Waals surface area contributed by atoms with E-state index in [9.17, 15) is 9.18 Å². The van der Waals surface area contributed by atoms with E-state index >= 15 is 0 Å². The summed E-state index contributed by atoms with van der Waals surface area (Å²) in [6, 6.07) is 2.94. The first-order valence-electron chi connectivity index (χ1n) is 8.03. The van der Waals surface area contributed by atoms with E-state index in [1.807, 2.05) is 20.8 Å². The first kappa shape index (κ1) is 17.3. The molecule has 0 radical (unpaired) electrons. The van der Waals surface area contributed by atoms with Crippen molar-refractivity contribution in [1.82, 2.24) is 15.3 Å². The number of hydrogen-bond acceptors (Lipinski definition) is 5. The fourth-order valence-electron chi connectivity index (χ4n) is 2.79. The van der Waals surface area contributed by atoms with Gasteiger partial charge in [-0.15, -0.1) is 11.3 Å². The first-order valence-corrected chi connectivity index (χ1v) is 8.85. The third-order valence-corrected chi connectivity index (χ3v) is 4.84. The van der Waals surface area contributed by atoms with Gasteiger partial charge in [0.05, 0.1) is 16.4 Å². The standard InChI is InChI=1S/C18H19FN4OS/c1-4-7-21-18(24)17-15(20)11-5-6-13(19)14(12(11)8-22-17)16-9(2)25-10(3)23-16/h5-6,8H,4,7,20H2,1-3H3,(H,21,24). The molecule has 5 nitrogen and oxygen atoms in total. The topological polar surface area (TPSA) is 80.9 Å². The third kappa shape index (κ3) is 3.07. The van der Waals surface area contributed by atoms with Crippen molar-refractivity contribution in [3.63, 3.8) is 0 Å². The highest BCUT2D eigenvalue weighted by atomic mass is 32.1. The monoisotopic (exact) mass is 358 g/mol. The summed E-state index contributed by atoms with van der Waals surface area (Å²) in [5, 5.41) is 4.77. The van der Waals surface area contributed by atoms with Gasteiger partial charge in [-0.1, -0.05) is 6.92 Å². The highest BCUT2D eigenvalue weighted by Gasteiger charge is 2.20. The maximum atomic E-state index is 14.6. The van der Waals surface area contributed by atoms with E-state index in [4.69, 9.17) is 5.73 Å². The van der Waals surface area contributed by atoms with E-state index in [1.54, 1.807) is 6.07 Å². The van der Waals surface area contributed by atoms with Gasteiger partial charge in [0, 0.05) is 34.0 Å². The number of carbonyl (C=O) groups excluding carboxylic acids is 1. The van der Waals surface area contributed by atoms with Crippen LogP contribution in [0.2, 0.25) is 0 Å². The van der Waals surface area contributed by atoms with Crippen LogP contribution in [-0.2, 0) is 0 Å². The molecule has 0 bridgehead atoms. The summed E-state index contributed by atoms with van der Waals surface area (Å²) >= 11 is 1.51. The molecule has 130 valence electrons. The van der Waals surface area contributed by atoms with Crippen molar-refractivity contribution >= 4 is 33.7 Å². The van der Waals surface area contributed by atoms with Crippen LogP contribution in [-0.4, -0.2) is 22.4 Å². The number of benzene rings is 1. The molecule has 0 saturated heterocycles. The predicted molar refractivity (Wildman–Crippen MR) is 99.3 cm³/mol. The minimum absolute atomic E-state index is 0.157. The van der Waals surface area contributed by atoms with Gasteiger partial charge in [0.15, 0.2) is 5.69 Å². The predicted octanol–water partition coefficient (Wildman–Crippen LogP) is 3.84. The van der Waals surface area contributed by atoms with Gasteiger partial charge < -0.3 is 11.1 Å². The minimum atomic E-state index is -0.384. The molecule has 0 aliphatic carbocycles. The Labute approximate surface area is 149 Å².